The average molecular weight is 489 g/mol. The van der Waals surface area contributed by atoms with E-state index in [0.717, 1.165) is 34.3 Å². The summed E-state index contributed by atoms with van der Waals surface area (Å²) in [7, 11) is 0. The fourth-order valence-electron chi connectivity index (χ4n) is 3.62. The van der Waals surface area contributed by atoms with E-state index in [0.29, 0.717) is 36.6 Å². The molecule has 1 aliphatic carbocycles. The summed E-state index contributed by atoms with van der Waals surface area (Å²) in [5, 5.41) is 3.10. The number of fused-ring (bicyclic) bond motifs is 1. The Kier molecular flexibility index (Phi) is 5.91. The first-order valence-corrected chi connectivity index (χ1v) is 10.7. The first-order chi connectivity index (χ1) is 13.3. The maximum Gasteiger partial charge on any atom is 0.0511 e. The zero-order valence-corrected chi connectivity index (χ0v) is 18.8. The lowest BCUT2D eigenvalue weighted by Crippen LogP contribution is -1.96. The van der Waals surface area contributed by atoms with E-state index >= 15 is 0 Å². The molecule has 0 saturated carbocycles. The molecular formula is C22H12Cl6. The molecule has 0 bridgehead atoms. The smallest absolute Gasteiger partial charge is 0.0511 e. The van der Waals surface area contributed by atoms with Crippen molar-refractivity contribution in [2.45, 2.75) is 12.8 Å². The molecular weight excluding hydrogens is 477 g/mol. The van der Waals surface area contributed by atoms with Crippen LogP contribution in [0.25, 0.3) is 11.1 Å². The lowest BCUT2D eigenvalue weighted by Gasteiger charge is -2.15. The van der Waals surface area contributed by atoms with Crippen molar-refractivity contribution in [1.29, 1.82) is 0 Å². The van der Waals surface area contributed by atoms with Gasteiger partial charge in [0.15, 0.2) is 0 Å². The topological polar surface area (TPSA) is 0 Å². The van der Waals surface area contributed by atoms with Crippen molar-refractivity contribution in [3.8, 4) is 0 Å². The Hall–Kier alpha value is -0.860. The molecule has 0 unspecified atom stereocenters. The van der Waals surface area contributed by atoms with Crippen LogP contribution in [0.3, 0.4) is 0 Å². The van der Waals surface area contributed by atoms with Gasteiger partial charge in [-0.15, -0.1) is 0 Å². The minimum atomic E-state index is 0.500. The summed E-state index contributed by atoms with van der Waals surface area (Å²) in [5.74, 6) is 0. The molecule has 0 spiro atoms. The molecule has 3 aromatic rings. The van der Waals surface area contributed by atoms with Gasteiger partial charge in [0.05, 0.1) is 10.0 Å². The van der Waals surface area contributed by atoms with Crippen LogP contribution in [0.15, 0.2) is 48.5 Å². The number of hydrogen-bond acceptors (Lipinski definition) is 0. The summed E-state index contributed by atoms with van der Waals surface area (Å²) in [4.78, 5) is 0. The van der Waals surface area contributed by atoms with Gasteiger partial charge in [0.1, 0.15) is 0 Å². The molecule has 0 aliphatic heterocycles. The largest absolute Gasteiger partial charge is 0.0842 e. The Morgan fingerprint density at radius 1 is 0.679 bits per heavy atom. The van der Waals surface area contributed by atoms with Crippen molar-refractivity contribution >= 4 is 80.8 Å². The molecule has 28 heavy (non-hydrogen) atoms. The van der Waals surface area contributed by atoms with Gasteiger partial charge in [-0.1, -0.05) is 93.9 Å². The van der Waals surface area contributed by atoms with Crippen molar-refractivity contribution in [3.63, 3.8) is 0 Å². The molecule has 0 aromatic heterocycles. The summed E-state index contributed by atoms with van der Waals surface area (Å²) < 4.78 is 0. The second-order valence-electron chi connectivity index (χ2n) is 6.56. The number of halogens is 6. The van der Waals surface area contributed by atoms with E-state index in [1.807, 2.05) is 12.1 Å². The molecule has 6 heteroatoms. The van der Waals surface area contributed by atoms with E-state index in [1.54, 1.807) is 24.3 Å². The van der Waals surface area contributed by atoms with Gasteiger partial charge in [-0.2, -0.15) is 0 Å². The van der Waals surface area contributed by atoms with Crippen LogP contribution in [0.1, 0.15) is 22.3 Å². The second-order valence-corrected chi connectivity index (χ2v) is 9.06. The van der Waals surface area contributed by atoms with Crippen molar-refractivity contribution in [2.75, 3.05) is 0 Å². The third-order valence-electron chi connectivity index (χ3n) is 4.84. The minimum Gasteiger partial charge on any atom is -0.0842 e. The standard InChI is InChI=1S/C22H12Cl6/c23-12-6-18(25)17(19(26)7-12)10-15-14-4-2-1-3-11(14)5-16(15)22-20(27)8-13(24)9-21(22)28/h1-4,6-9H,5,10H2. The first-order valence-electron chi connectivity index (χ1n) is 8.43. The van der Waals surface area contributed by atoms with Gasteiger partial charge >= 0.3 is 0 Å². The maximum atomic E-state index is 6.54. The van der Waals surface area contributed by atoms with Crippen molar-refractivity contribution < 1.29 is 0 Å². The van der Waals surface area contributed by atoms with Crippen LogP contribution in [0.5, 0.6) is 0 Å². The van der Waals surface area contributed by atoms with Crippen molar-refractivity contribution in [3.05, 3.63) is 101 Å². The lowest BCUT2D eigenvalue weighted by atomic mass is 9.94. The highest BCUT2D eigenvalue weighted by atomic mass is 35.5. The van der Waals surface area contributed by atoms with Gasteiger partial charge < -0.3 is 0 Å². The van der Waals surface area contributed by atoms with E-state index in [1.165, 1.54) is 5.56 Å². The highest BCUT2D eigenvalue weighted by Gasteiger charge is 2.26. The molecule has 0 N–H and O–H groups in total. The number of benzene rings is 3. The Balaban J connectivity index is 1.93. The zero-order chi connectivity index (χ0) is 20.0. The van der Waals surface area contributed by atoms with Crippen LogP contribution in [0.2, 0.25) is 30.1 Å². The van der Waals surface area contributed by atoms with E-state index in [2.05, 4.69) is 12.1 Å². The summed E-state index contributed by atoms with van der Waals surface area (Å²) >= 11 is 38.2. The number of rotatable bonds is 3. The molecule has 0 atom stereocenters. The molecule has 0 radical (unpaired) electrons. The van der Waals surface area contributed by atoms with Crippen LogP contribution < -0.4 is 0 Å². The van der Waals surface area contributed by atoms with Gasteiger partial charge in [-0.05, 0) is 58.5 Å². The Bertz CT molecular complexity index is 1080. The molecule has 0 heterocycles. The normalized spacial score (nSPS) is 13.2. The summed E-state index contributed by atoms with van der Waals surface area (Å²) in [6.07, 6.45) is 1.26. The summed E-state index contributed by atoms with van der Waals surface area (Å²) in [5.41, 5.74) is 6.10. The zero-order valence-electron chi connectivity index (χ0n) is 14.3. The van der Waals surface area contributed by atoms with Crippen LogP contribution in [0, 0.1) is 0 Å². The molecule has 1 aliphatic rings. The third-order valence-corrected chi connectivity index (χ3v) is 6.55. The van der Waals surface area contributed by atoms with Gasteiger partial charge in [-0.3, -0.25) is 0 Å². The lowest BCUT2D eigenvalue weighted by molar-refractivity contribution is 1.29. The van der Waals surface area contributed by atoms with Gasteiger partial charge in [-0.25, -0.2) is 0 Å². The Morgan fingerprint density at radius 2 is 1.21 bits per heavy atom. The predicted molar refractivity (Wildman–Crippen MR) is 124 cm³/mol. The predicted octanol–water partition coefficient (Wildman–Crippen LogP) is 9.32. The molecule has 0 amide bonds. The fraction of sp³-hybridized carbons (Fsp3) is 0.0909. The maximum absolute atomic E-state index is 6.54. The van der Waals surface area contributed by atoms with E-state index < -0.39 is 0 Å². The van der Waals surface area contributed by atoms with Crippen molar-refractivity contribution in [2.24, 2.45) is 0 Å². The van der Waals surface area contributed by atoms with Gasteiger partial charge in [0.2, 0.25) is 0 Å². The third kappa shape index (κ3) is 3.79. The molecule has 4 rings (SSSR count). The Morgan fingerprint density at radius 3 is 1.82 bits per heavy atom. The monoisotopic (exact) mass is 486 g/mol. The Labute approximate surface area is 193 Å². The van der Waals surface area contributed by atoms with E-state index in [9.17, 15) is 0 Å². The van der Waals surface area contributed by atoms with E-state index in [4.69, 9.17) is 69.6 Å². The fourth-order valence-corrected chi connectivity index (χ4v) is 5.61. The van der Waals surface area contributed by atoms with Crippen LogP contribution in [-0.2, 0) is 12.8 Å². The number of hydrogen-bond donors (Lipinski definition) is 0. The first kappa shape index (κ1) is 20.4. The van der Waals surface area contributed by atoms with Crippen LogP contribution in [-0.4, -0.2) is 0 Å². The number of allylic oxidation sites excluding steroid dienone is 2. The quantitative estimate of drug-likeness (QED) is 0.344. The second kappa shape index (κ2) is 8.11. The van der Waals surface area contributed by atoms with Gasteiger partial charge in [0.25, 0.3) is 0 Å². The van der Waals surface area contributed by atoms with E-state index in [-0.39, 0.29) is 0 Å². The summed E-state index contributed by atoms with van der Waals surface area (Å²) in [6.45, 7) is 0. The van der Waals surface area contributed by atoms with Crippen molar-refractivity contribution in [1.82, 2.24) is 0 Å². The summed E-state index contributed by atoms with van der Waals surface area (Å²) in [6, 6.07) is 15.0. The van der Waals surface area contributed by atoms with Crippen LogP contribution in [0.4, 0.5) is 0 Å². The molecule has 142 valence electrons. The SMILES string of the molecule is Clc1cc(Cl)c(CC2=C(c3c(Cl)cc(Cl)cc3Cl)Cc3ccccc32)c(Cl)c1. The van der Waals surface area contributed by atoms with Crippen LogP contribution >= 0.6 is 69.6 Å². The highest BCUT2D eigenvalue weighted by Crippen LogP contribution is 2.46. The molecule has 3 aromatic carbocycles. The molecule has 0 fully saturated rings. The highest BCUT2D eigenvalue weighted by molar-refractivity contribution is 6.41. The minimum absolute atomic E-state index is 0.500. The van der Waals surface area contributed by atoms with Gasteiger partial charge in [0, 0.05) is 32.1 Å². The molecule has 0 nitrogen and oxygen atoms in total. The molecule has 0 saturated heterocycles. The average Bonchev–Trinajstić information content (AvgIpc) is 2.95.